The molecule has 96 valence electrons. The molecular weight excluding hydrogens is 218 g/mol. The van der Waals surface area contributed by atoms with E-state index in [4.69, 9.17) is 4.74 Å². The second kappa shape index (κ2) is 5.17. The fourth-order valence-corrected chi connectivity index (χ4v) is 3.26. The van der Waals surface area contributed by atoms with E-state index in [2.05, 4.69) is 11.8 Å². The lowest BCUT2D eigenvalue weighted by atomic mass is 9.84. The van der Waals surface area contributed by atoms with E-state index in [1.807, 2.05) is 0 Å². The Hall–Kier alpha value is -0.900. The fourth-order valence-electron chi connectivity index (χ4n) is 3.26. The molecule has 0 bridgehead atoms. The van der Waals surface area contributed by atoms with Gasteiger partial charge < -0.3 is 4.74 Å². The maximum Gasteiger partial charge on any atom is 0.323 e. The van der Waals surface area contributed by atoms with Crippen molar-refractivity contribution in [2.24, 2.45) is 5.92 Å². The molecule has 0 aromatic rings. The minimum Gasteiger partial charge on any atom is -0.468 e. The molecular formula is C13H21NO3. The van der Waals surface area contributed by atoms with E-state index in [-0.39, 0.29) is 12.0 Å². The first-order chi connectivity index (χ1) is 8.13. The number of nitrogens with zero attached hydrogens (tertiary/aromatic N) is 1. The summed E-state index contributed by atoms with van der Waals surface area (Å²) in [5.74, 6) is 0.607. The molecule has 1 saturated carbocycles. The summed E-state index contributed by atoms with van der Waals surface area (Å²) < 4.78 is 4.86. The Kier molecular flexibility index (Phi) is 3.82. The Morgan fingerprint density at radius 2 is 2.18 bits per heavy atom. The van der Waals surface area contributed by atoms with Crippen LogP contribution >= 0.6 is 0 Å². The highest BCUT2D eigenvalue weighted by Gasteiger charge is 2.39. The molecule has 4 heteroatoms. The minimum absolute atomic E-state index is 0.0827. The largest absolute Gasteiger partial charge is 0.468 e. The van der Waals surface area contributed by atoms with Crippen LogP contribution in [0.3, 0.4) is 0 Å². The number of methoxy groups -OCH3 is 1. The first-order valence-corrected chi connectivity index (χ1v) is 6.48. The smallest absolute Gasteiger partial charge is 0.323 e. The zero-order valence-corrected chi connectivity index (χ0v) is 10.6. The number of carbonyl (C=O) groups is 2. The number of likely N-dealkylation sites (tertiary alicyclic amines) is 1. The first-order valence-electron chi connectivity index (χ1n) is 6.48. The van der Waals surface area contributed by atoms with Crippen molar-refractivity contribution in [2.75, 3.05) is 13.7 Å². The van der Waals surface area contributed by atoms with Gasteiger partial charge in [0.05, 0.1) is 7.11 Å². The van der Waals surface area contributed by atoms with Gasteiger partial charge in [0.25, 0.3) is 0 Å². The molecule has 0 aromatic heterocycles. The highest BCUT2D eigenvalue weighted by molar-refractivity contribution is 5.80. The number of rotatable bonds is 2. The maximum absolute atomic E-state index is 11.7. The summed E-state index contributed by atoms with van der Waals surface area (Å²) in [5.41, 5.74) is 0. The standard InChI is InChI=1S/C13H21NO3/c1-9-8-10(15)5-6-11(9)14-7-3-4-12(14)13(16)17-2/h9,11-12H,3-8H2,1-2H3/t9?,11?,12-/m0/s1. The molecule has 1 heterocycles. The van der Waals surface area contributed by atoms with Gasteiger partial charge in [0.2, 0.25) is 0 Å². The Balaban J connectivity index is 2.05. The lowest BCUT2D eigenvalue weighted by molar-refractivity contribution is -0.147. The van der Waals surface area contributed by atoms with Crippen molar-refractivity contribution in [1.29, 1.82) is 0 Å². The molecule has 3 atom stereocenters. The van der Waals surface area contributed by atoms with E-state index >= 15 is 0 Å². The van der Waals surface area contributed by atoms with Crippen LogP contribution in [0, 0.1) is 5.92 Å². The first kappa shape index (κ1) is 12.6. The third kappa shape index (κ3) is 2.51. The van der Waals surface area contributed by atoms with Crippen LogP contribution in [0.2, 0.25) is 0 Å². The van der Waals surface area contributed by atoms with E-state index in [0.717, 1.165) is 25.8 Å². The van der Waals surface area contributed by atoms with Gasteiger partial charge in [-0.3, -0.25) is 14.5 Å². The van der Waals surface area contributed by atoms with Crippen molar-refractivity contribution in [3.05, 3.63) is 0 Å². The lowest BCUT2D eigenvalue weighted by Crippen LogP contribution is -2.48. The number of esters is 1. The van der Waals surface area contributed by atoms with Gasteiger partial charge >= 0.3 is 5.97 Å². The van der Waals surface area contributed by atoms with Gasteiger partial charge in [0.1, 0.15) is 11.8 Å². The Labute approximate surface area is 102 Å². The van der Waals surface area contributed by atoms with Crippen LogP contribution in [-0.2, 0) is 14.3 Å². The van der Waals surface area contributed by atoms with Crippen molar-refractivity contribution in [3.8, 4) is 0 Å². The number of hydrogen-bond donors (Lipinski definition) is 0. The van der Waals surface area contributed by atoms with Crippen LogP contribution in [0.15, 0.2) is 0 Å². The summed E-state index contributed by atoms with van der Waals surface area (Å²) in [6, 6.07) is 0.292. The predicted molar refractivity (Wildman–Crippen MR) is 63.6 cm³/mol. The van der Waals surface area contributed by atoms with Gasteiger partial charge in [-0.2, -0.15) is 0 Å². The molecule has 2 fully saturated rings. The van der Waals surface area contributed by atoms with Crippen molar-refractivity contribution >= 4 is 11.8 Å². The Bertz CT molecular complexity index is 316. The highest BCUT2D eigenvalue weighted by atomic mass is 16.5. The molecule has 1 aliphatic heterocycles. The van der Waals surface area contributed by atoms with E-state index in [1.54, 1.807) is 0 Å². The number of ketones is 1. The molecule has 4 nitrogen and oxygen atoms in total. The van der Waals surface area contributed by atoms with Gasteiger partial charge in [-0.25, -0.2) is 0 Å². The number of Topliss-reactive ketones (excluding diaryl/α,β-unsaturated/α-hetero) is 1. The molecule has 0 radical (unpaired) electrons. The highest BCUT2D eigenvalue weighted by Crippen LogP contribution is 2.32. The predicted octanol–water partition coefficient (Wildman–Crippen LogP) is 1.38. The topological polar surface area (TPSA) is 46.6 Å². The third-order valence-electron chi connectivity index (χ3n) is 4.12. The van der Waals surface area contributed by atoms with Gasteiger partial charge in [0.15, 0.2) is 0 Å². The van der Waals surface area contributed by atoms with E-state index in [0.29, 0.717) is 30.6 Å². The van der Waals surface area contributed by atoms with Crippen LogP contribution in [0.25, 0.3) is 0 Å². The van der Waals surface area contributed by atoms with E-state index < -0.39 is 0 Å². The Morgan fingerprint density at radius 1 is 1.41 bits per heavy atom. The minimum atomic E-state index is -0.119. The molecule has 2 aliphatic rings. The molecule has 0 amide bonds. The van der Waals surface area contributed by atoms with Crippen molar-refractivity contribution in [3.63, 3.8) is 0 Å². The molecule has 2 rings (SSSR count). The van der Waals surface area contributed by atoms with Crippen LogP contribution in [0.1, 0.15) is 39.0 Å². The summed E-state index contributed by atoms with van der Waals surface area (Å²) in [6.45, 7) is 3.08. The van der Waals surface area contributed by atoms with E-state index in [1.165, 1.54) is 7.11 Å². The number of ether oxygens (including phenoxy) is 1. The van der Waals surface area contributed by atoms with Crippen molar-refractivity contribution in [1.82, 2.24) is 4.90 Å². The van der Waals surface area contributed by atoms with Gasteiger partial charge in [-0.05, 0) is 31.7 Å². The third-order valence-corrected chi connectivity index (χ3v) is 4.12. The SMILES string of the molecule is COC(=O)[C@@H]1CCCN1C1CCC(=O)CC1C. The van der Waals surface area contributed by atoms with Gasteiger partial charge in [-0.1, -0.05) is 6.92 Å². The normalized spacial score (nSPS) is 34.9. The van der Waals surface area contributed by atoms with E-state index in [9.17, 15) is 9.59 Å². The molecule has 17 heavy (non-hydrogen) atoms. The Morgan fingerprint density at radius 3 is 2.82 bits per heavy atom. The molecule has 0 N–H and O–H groups in total. The summed E-state index contributed by atoms with van der Waals surface area (Å²) in [7, 11) is 1.45. The summed E-state index contributed by atoms with van der Waals surface area (Å²) in [6.07, 6.45) is 4.17. The zero-order chi connectivity index (χ0) is 12.4. The van der Waals surface area contributed by atoms with Crippen LogP contribution < -0.4 is 0 Å². The molecule has 0 spiro atoms. The molecule has 1 saturated heterocycles. The molecule has 1 aliphatic carbocycles. The van der Waals surface area contributed by atoms with Crippen LogP contribution in [0.5, 0.6) is 0 Å². The maximum atomic E-state index is 11.7. The van der Waals surface area contributed by atoms with Crippen LogP contribution in [-0.4, -0.2) is 42.4 Å². The number of hydrogen-bond acceptors (Lipinski definition) is 4. The average Bonchev–Trinajstić information content (AvgIpc) is 2.77. The fraction of sp³-hybridized carbons (Fsp3) is 0.846. The second-order valence-corrected chi connectivity index (χ2v) is 5.25. The molecule has 2 unspecified atom stereocenters. The second-order valence-electron chi connectivity index (χ2n) is 5.25. The van der Waals surface area contributed by atoms with Gasteiger partial charge in [-0.15, -0.1) is 0 Å². The van der Waals surface area contributed by atoms with Gasteiger partial charge in [0, 0.05) is 18.9 Å². The summed E-state index contributed by atoms with van der Waals surface area (Å²) in [5, 5.41) is 0. The van der Waals surface area contributed by atoms with Crippen LogP contribution in [0.4, 0.5) is 0 Å². The average molecular weight is 239 g/mol. The quantitative estimate of drug-likeness (QED) is 0.683. The summed E-state index contributed by atoms with van der Waals surface area (Å²) in [4.78, 5) is 25.4. The van der Waals surface area contributed by atoms with Crippen molar-refractivity contribution < 1.29 is 14.3 Å². The van der Waals surface area contributed by atoms with Crippen molar-refractivity contribution in [2.45, 2.75) is 51.1 Å². The summed E-state index contributed by atoms with van der Waals surface area (Å²) >= 11 is 0. The zero-order valence-electron chi connectivity index (χ0n) is 10.6. The lowest BCUT2D eigenvalue weighted by Gasteiger charge is -2.38. The number of carbonyl (C=O) groups excluding carboxylic acids is 2. The monoisotopic (exact) mass is 239 g/mol. The molecule has 0 aromatic carbocycles.